The van der Waals surface area contributed by atoms with Crippen LogP contribution in [0.25, 0.3) is 0 Å². The molecule has 0 unspecified atom stereocenters. The normalized spacial score (nSPS) is 12.7. The maximum atomic E-state index is 14.2. The summed E-state index contributed by atoms with van der Waals surface area (Å²) in [6, 6.07) is 18.3. The number of nitrogens with one attached hydrogen (secondary N) is 1. The van der Waals surface area contributed by atoms with E-state index >= 15 is 0 Å². The molecule has 0 aliphatic carbocycles. The molecule has 1 N–H and O–H groups in total. The summed E-state index contributed by atoms with van der Waals surface area (Å²) in [6.45, 7) is 5.07. The van der Waals surface area contributed by atoms with Gasteiger partial charge < -0.3 is 15.0 Å². The van der Waals surface area contributed by atoms with Crippen LogP contribution >= 0.6 is 23.2 Å². The van der Waals surface area contributed by atoms with E-state index in [1.165, 1.54) is 42.3 Å². The van der Waals surface area contributed by atoms with Gasteiger partial charge in [0.25, 0.3) is 10.0 Å². The van der Waals surface area contributed by atoms with Gasteiger partial charge in [0, 0.05) is 17.6 Å². The molecule has 0 heterocycles. The number of nitrogens with zero attached hydrogens (tertiary/aromatic N) is 2. The Morgan fingerprint density at radius 2 is 1.66 bits per heavy atom. The van der Waals surface area contributed by atoms with Crippen molar-refractivity contribution in [3.8, 4) is 5.75 Å². The van der Waals surface area contributed by atoms with Crippen LogP contribution < -0.4 is 14.4 Å². The highest BCUT2D eigenvalue weighted by Crippen LogP contribution is 2.33. The number of rotatable bonds is 13. The average Bonchev–Trinajstić information content (AvgIpc) is 2.97. The lowest BCUT2D eigenvalue weighted by molar-refractivity contribution is -0.140. The van der Waals surface area contributed by atoms with Crippen LogP contribution in [0.2, 0.25) is 10.0 Å². The predicted molar refractivity (Wildman–Crippen MR) is 163 cm³/mol. The molecule has 0 radical (unpaired) electrons. The van der Waals surface area contributed by atoms with E-state index in [0.717, 1.165) is 4.31 Å². The Hall–Kier alpha value is -3.27. The molecule has 3 aromatic carbocycles. The molecule has 0 spiro atoms. The fourth-order valence-corrected chi connectivity index (χ4v) is 6.12. The van der Waals surface area contributed by atoms with Gasteiger partial charge in [0.05, 0.1) is 22.7 Å². The van der Waals surface area contributed by atoms with E-state index in [-0.39, 0.29) is 39.1 Å². The van der Waals surface area contributed by atoms with Crippen molar-refractivity contribution >= 4 is 50.7 Å². The molecule has 8 nitrogen and oxygen atoms in total. The van der Waals surface area contributed by atoms with Crippen LogP contribution in [0.15, 0.2) is 77.7 Å². The number of carbonyl (C=O) groups is 2. The largest absolute Gasteiger partial charge is 0.497 e. The summed E-state index contributed by atoms with van der Waals surface area (Å²) in [7, 11) is -2.72. The standard InChI is InChI=1S/C30H35Cl2N3O5S/c1-5-21(3)33-30(37)27(6-2)34(19-22-11-10-12-24(17-22)40-4)29(36)20-35(28-18-23(31)15-16-26(28)32)41(38,39)25-13-8-7-9-14-25/h7-18,21,27H,5-6,19-20H2,1-4H3,(H,33,37)/t21-,27-/m0/s1. The molecule has 2 atom stereocenters. The zero-order chi connectivity index (χ0) is 30.2. The van der Waals surface area contributed by atoms with E-state index in [4.69, 9.17) is 27.9 Å². The van der Waals surface area contributed by atoms with Crippen LogP contribution in [0, 0.1) is 0 Å². The number of carbonyl (C=O) groups excluding carboxylic acids is 2. The minimum Gasteiger partial charge on any atom is -0.497 e. The number of halogens is 2. The van der Waals surface area contributed by atoms with Gasteiger partial charge in [-0.3, -0.25) is 13.9 Å². The number of ether oxygens (including phenoxy) is 1. The summed E-state index contributed by atoms with van der Waals surface area (Å²) < 4.78 is 34.1. The van der Waals surface area contributed by atoms with Crippen molar-refractivity contribution in [2.75, 3.05) is 18.0 Å². The Kier molecular flexibility index (Phi) is 11.5. The van der Waals surface area contributed by atoms with E-state index in [1.807, 2.05) is 19.9 Å². The maximum absolute atomic E-state index is 14.2. The highest BCUT2D eigenvalue weighted by molar-refractivity contribution is 7.92. The third kappa shape index (κ3) is 8.15. The Labute approximate surface area is 252 Å². The van der Waals surface area contributed by atoms with Gasteiger partial charge in [-0.15, -0.1) is 0 Å². The van der Waals surface area contributed by atoms with Gasteiger partial charge in [0.2, 0.25) is 11.8 Å². The summed E-state index contributed by atoms with van der Waals surface area (Å²) in [4.78, 5) is 28.9. The number of sulfonamides is 1. The third-order valence-electron chi connectivity index (χ3n) is 6.66. The summed E-state index contributed by atoms with van der Waals surface area (Å²) in [6.07, 6.45) is 1.02. The second-order valence-corrected chi connectivity index (χ2v) is 12.2. The molecule has 2 amide bonds. The molecule has 0 fully saturated rings. The molecule has 0 saturated carbocycles. The Morgan fingerprint density at radius 3 is 2.29 bits per heavy atom. The molecule has 0 bridgehead atoms. The minimum atomic E-state index is -4.26. The Morgan fingerprint density at radius 1 is 0.951 bits per heavy atom. The first-order valence-corrected chi connectivity index (χ1v) is 15.5. The molecular weight excluding hydrogens is 585 g/mol. The van der Waals surface area contributed by atoms with Crippen molar-refractivity contribution in [3.05, 3.63) is 88.4 Å². The average molecular weight is 621 g/mol. The maximum Gasteiger partial charge on any atom is 0.264 e. The van der Waals surface area contributed by atoms with Gasteiger partial charge in [-0.05, 0) is 67.8 Å². The number of amides is 2. The van der Waals surface area contributed by atoms with E-state index < -0.39 is 28.5 Å². The van der Waals surface area contributed by atoms with Crippen LogP contribution in [0.3, 0.4) is 0 Å². The number of anilines is 1. The van der Waals surface area contributed by atoms with E-state index in [1.54, 1.807) is 43.3 Å². The first-order chi connectivity index (χ1) is 19.5. The molecule has 0 saturated heterocycles. The fraction of sp³-hybridized carbons (Fsp3) is 0.333. The van der Waals surface area contributed by atoms with Gasteiger partial charge in [-0.1, -0.05) is 67.4 Å². The Bertz CT molecular complexity index is 1450. The van der Waals surface area contributed by atoms with E-state index in [9.17, 15) is 18.0 Å². The highest BCUT2D eigenvalue weighted by Gasteiger charge is 2.34. The van der Waals surface area contributed by atoms with Crippen LogP contribution in [-0.2, 0) is 26.2 Å². The van der Waals surface area contributed by atoms with Gasteiger partial charge in [-0.25, -0.2) is 8.42 Å². The summed E-state index contributed by atoms with van der Waals surface area (Å²) in [5.74, 6) is -0.322. The molecule has 0 aromatic heterocycles. The summed E-state index contributed by atoms with van der Waals surface area (Å²) in [5, 5.41) is 3.30. The Balaban J connectivity index is 2.10. The molecular formula is C30H35Cl2N3O5S. The lowest BCUT2D eigenvalue weighted by atomic mass is 10.1. The summed E-state index contributed by atoms with van der Waals surface area (Å²) >= 11 is 12.7. The monoisotopic (exact) mass is 619 g/mol. The van der Waals surface area contributed by atoms with Crippen LogP contribution in [0.1, 0.15) is 39.2 Å². The molecule has 3 rings (SSSR count). The van der Waals surface area contributed by atoms with Crippen LogP contribution in [0.4, 0.5) is 5.69 Å². The molecule has 0 aliphatic rings. The lowest BCUT2D eigenvalue weighted by Gasteiger charge is -2.34. The molecule has 41 heavy (non-hydrogen) atoms. The van der Waals surface area contributed by atoms with Crippen LogP contribution in [-0.4, -0.2) is 50.9 Å². The van der Waals surface area contributed by atoms with Crippen molar-refractivity contribution in [2.45, 2.75) is 57.1 Å². The van der Waals surface area contributed by atoms with Crippen molar-refractivity contribution in [1.29, 1.82) is 0 Å². The zero-order valence-corrected chi connectivity index (χ0v) is 25.8. The summed E-state index contributed by atoms with van der Waals surface area (Å²) in [5.41, 5.74) is 0.764. The SMILES string of the molecule is CC[C@H](C)NC(=O)[C@H](CC)N(Cc1cccc(OC)c1)C(=O)CN(c1cc(Cl)ccc1Cl)S(=O)(=O)c1ccccc1. The first-order valence-electron chi connectivity index (χ1n) is 13.3. The third-order valence-corrected chi connectivity index (χ3v) is 8.99. The van der Waals surface area contributed by atoms with Gasteiger partial charge in [0.1, 0.15) is 18.3 Å². The quantitative estimate of drug-likeness (QED) is 0.256. The second-order valence-electron chi connectivity index (χ2n) is 9.54. The molecule has 220 valence electrons. The first kappa shape index (κ1) is 32.2. The van der Waals surface area contributed by atoms with Gasteiger partial charge in [0.15, 0.2) is 0 Å². The van der Waals surface area contributed by atoms with E-state index in [2.05, 4.69) is 5.32 Å². The van der Waals surface area contributed by atoms with Crippen molar-refractivity contribution in [2.24, 2.45) is 0 Å². The molecule has 3 aromatic rings. The number of methoxy groups -OCH3 is 1. The van der Waals surface area contributed by atoms with Crippen molar-refractivity contribution in [1.82, 2.24) is 10.2 Å². The molecule has 0 aliphatic heterocycles. The smallest absolute Gasteiger partial charge is 0.264 e. The predicted octanol–water partition coefficient (Wildman–Crippen LogP) is 5.92. The highest BCUT2D eigenvalue weighted by atomic mass is 35.5. The number of hydrogen-bond acceptors (Lipinski definition) is 5. The van der Waals surface area contributed by atoms with Gasteiger partial charge in [-0.2, -0.15) is 0 Å². The van der Waals surface area contributed by atoms with Crippen molar-refractivity contribution < 1.29 is 22.7 Å². The fourth-order valence-electron chi connectivity index (χ4n) is 4.24. The second kappa shape index (κ2) is 14.6. The van der Waals surface area contributed by atoms with Gasteiger partial charge >= 0.3 is 0 Å². The number of hydrogen-bond donors (Lipinski definition) is 1. The van der Waals surface area contributed by atoms with Crippen LogP contribution in [0.5, 0.6) is 5.75 Å². The van der Waals surface area contributed by atoms with E-state index in [0.29, 0.717) is 24.2 Å². The van der Waals surface area contributed by atoms with Crippen molar-refractivity contribution in [3.63, 3.8) is 0 Å². The number of benzene rings is 3. The zero-order valence-electron chi connectivity index (χ0n) is 23.5. The lowest BCUT2D eigenvalue weighted by Crippen LogP contribution is -2.53. The minimum absolute atomic E-state index is 0.0234. The topological polar surface area (TPSA) is 96.0 Å². The molecule has 11 heteroatoms.